The average molecular weight is 326 g/mol. The first kappa shape index (κ1) is 16.5. The second-order valence-corrected chi connectivity index (χ2v) is 6.53. The number of ether oxygens (including phenoxy) is 1. The van der Waals surface area contributed by atoms with E-state index in [2.05, 4.69) is 4.72 Å². The molecule has 0 fully saturated rings. The minimum absolute atomic E-state index is 0.118. The van der Waals surface area contributed by atoms with E-state index in [0.717, 1.165) is 0 Å². The third-order valence-electron chi connectivity index (χ3n) is 3.08. The molecular formula is C14H18N2O5S. The lowest BCUT2D eigenvalue weighted by molar-refractivity contribution is -0.139. The van der Waals surface area contributed by atoms with Crippen molar-refractivity contribution < 1.29 is 23.1 Å². The number of aliphatic carboxylic acids is 1. The molecule has 1 aromatic rings. The smallest absolute Gasteiger partial charge is 0.341 e. The molecule has 0 saturated carbocycles. The van der Waals surface area contributed by atoms with Crippen molar-refractivity contribution >= 4 is 16.2 Å². The Bertz CT molecular complexity index is 657. The van der Waals surface area contributed by atoms with E-state index in [1.165, 1.54) is 4.31 Å². The predicted molar refractivity (Wildman–Crippen MR) is 80.7 cm³/mol. The normalized spacial score (nSPS) is 15.6. The number of nitrogens with one attached hydrogen (secondary N) is 1. The maximum absolute atomic E-state index is 12.1. The maximum Gasteiger partial charge on any atom is 0.341 e. The molecule has 0 aromatic heterocycles. The lowest BCUT2D eigenvalue weighted by atomic mass is 10.2. The molecule has 8 heteroatoms. The highest BCUT2D eigenvalue weighted by Gasteiger charge is 2.21. The predicted octanol–water partition coefficient (Wildman–Crippen LogP) is 0.746. The third-order valence-corrected chi connectivity index (χ3v) is 4.60. The standard InChI is InChI=1S/C14H18N2O5S/c17-14(18)11-21-13-6-4-5-12(9-13)10-15-22(19,20)16-7-2-1-3-8-16/h1-2,4-6,9,15H,3,7-8,10-11H2,(H,17,18). The van der Waals surface area contributed by atoms with Gasteiger partial charge in [0.2, 0.25) is 0 Å². The first-order valence-corrected chi connectivity index (χ1v) is 8.24. The molecule has 1 aliphatic heterocycles. The van der Waals surface area contributed by atoms with Crippen molar-refractivity contribution in [3.8, 4) is 5.75 Å². The Hall–Kier alpha value is -1.90. The first-order chi connectivity index (χ1) is 10.5. The van der Waals surface area contributed by atoms with Crippen molar-refractivity contribution in [2.75, 3.05) is 19.7 Å². The summed E-state index contributed by atoms with van der Waals surface area (Å²) in [5, 5.41) is 8.57. The van der Waals surface area contributed by atoms with Gasteiger partial charge in [-0.05, 0) is 24.1 Å². The lowest BCUT2D eigenvalue weighted by Crippen LogP contribution is -2.41. The Morgan fingerprint density at radius 2 is 2.18 bits per heavy atom. The van der Waals surface area contributed by atoms with Crippen LogP contribution in [-0.2, 0) is 21.5 Å². The van der Waals surface area contributed by atoms with E-state index >= 15 is 0 Å². The van der Waals surface area contributed by atoms with Gasteiger partial charge in [-0.25, -0.2) is 4.79 Å². The third kappa shape index (κ3) is 4.83. The minimum Gasteiger partial charge on any atom is -0.482 e. The molecule has 0 atom stereocenters. The molecule has 0 saturated heterocycles. The fraction of sp³-hybridized carbons (Fsp3) is 0.357. The second-order valence-electron chi connectivity index (χ2n) is 4.77. The average Bonchev–Trinajstić information content (AvgIpc) is 2.52. The molecule has 0 amide bonds. The van der Waals surface area contributed by atoms with Crippen LogP contribution in [0.1, 0.15) is 12.0 Å². The number of rotatable bonds is 7. The van der Waals surface area contributed by atoms with Crippen LogP contribution in [0.4, 0.5) is 0 Å². The van der Waals surface area contributed by atoms with Crippen molar-refractivity contribution in [1.82, 2.24) is 9.03 Å². The number of hydrogen-bond donors (Lipinski definition) is 2. The summed E-state index contributed by atoms with van der Waals surface area (Å²) in [4.78, 5) is 10.5. The summed E-state index contributed by atoms with van der Waals surface area (Å²) in [6.45, 7) is 0.521. The molecule has 2 N–H and O–H groups in total. The number of carboxylic acids is 1. The zero-order chi connectivity index (χ0) is 16.0. The van der Waals surface area contributed by atoms with Gasteiger partial charge in [-0.15, -0.1) is 0 Å². The number of nitrogens with zero attached hydrogens (tertiary/aromatic N) is 1. The SMILES string of the molecule is O=C(O)COc1cccc(CNS(=O)(=O)N2CC=CCC2)c1. The molecule has 0 unspecified atom stereocenters. The van der Waals surface area contributed by atoms with Crippen LogP contribution in [0.2, 0.25) is 0 Å². The molecule has 2 rings (SSSR count). The number of carbonyl (C=O) groups is 1. The zero-order valence-corrected chi connectivity index (χ0v) is 12.8. The molecule has 0 radical (unpaired) electrons. The van der Waals surface area contributed by atoms with Crippen LogP contribution in [0.3, 0.4) is 0 Å². The van der Waals surface area contributed by atoms with Gasteiger partial charge in [-0.2, -0.15) is 17.4 Å². The van der Waals surface area contributed by atoms with E-state index in [9.17, 15) is 13.2 Å². The summed E-state index contributed by atoms with van der Waals surface area (Å²) >= 11 is 0. The van der Waals surface area contributed by atoms with Gasteiger partial charge in [0.1, 0.15) is 5.75 Å². The van der Waals surface area contributed by atoms with Crippen molar-refractivity contribution in [3.63, 3.8) is 0 Å². The van der Waals surface area contributed by atoms with Crippen LogP contribution >= 0.6 is 0 Å². The molecule has 22 heavy (non-hydrogen) atoms. The fourth-order valence-corrected chi connectivity index (χ4v) is 3.15. The summed E-state index contributed by atoms with van der Waals surface area (Å²) in [6.07, 6.45) is 4.48. The van der Waals surface area contributed by atoms with Gasteiger partial charge in [0.15, 0.2) is 6.61 Å². The first-order valence-electron chi connectivity index (χ1n) is 6.80. The van der Waals surface area contributed by atoms with E-state index in [4.69, 9.17) is 9.84 Å². The molecular weight excluding hydrogens is 308 g/mol. The maximum atomic E-state index is 12.1. The van der Waals surface area contributed by atoms with Crippen LogP contribution in [0.5, 0.6) is 5.75 Å². The molecule has 120 valence electrons. The lowest BCUT2D eigenvalue weighted by Gasteiger charge is -2.22. The van der Waals surface area contributed by atoms with E-state index in [1.54, 1.807) is 24.3 Å². The Balaban J connectivity index is 1.94. The van der Waals surface area contributed by atoms with Gasteiger partial charge < -0.3 is 9.84 Å². The Kier molecular flexibility index (Phi) is 5.53. The molecule has 0 bridgehead atoms. The number of carboxylic acid groups (broad SMARTS) is 1. The summed E-state index contributed by atoms with van der Waals surface area (Å²) in [5.41, 5.74) is 0.694. The molecule has 1 aromatic carbocycles. The molecule has 7 nitrogen and oxygen atoms in total. The largest absolute Gasteiger partial charge is 0.482 e. The quantitative estimate of drug-likeness (QED) is 0.721. The summed E-state index contributed by atoms with van der Waals surface area (Å²) < 4.78 is 33.2. The fourth-order valence-electron chi connectivity index (χ4n) is 1.99. The van der Waals surface area contributed by atoms with Crippen LogP contribution < -0.4 is 9.46 Å². The van der Waals surface area contributed by atoms with Crippen LogP contribution in [-0.4, -0.2) is 43.5 Å². The Labute approximate surface area is 129 Å². The summed E-state index contributed by atoms with van der Waals surface area (Å²) in [5.74, 6) is -0.677. The number of hydrogen-bond acceptors (Lipinski definition) is 4. The van der Waals surface area contributed by atoms with E-state index in [-0.39, 0.29) is 6.54 Å². The van der Waals surface area contributed by atoms with Crippen molar-refractivity contribution in [2.45, 2.75) is 13.0 Å². The molecule has 0 aliphatic carbocycles. The van der Waals surface area contributed by atoms with Gasteiger partial charge >= 0.3 is 5.97 Å². The highest BCUT2D eigenvalue weighted by atomic mass is 32.2. The van der Waals surface area contributed by atoms with E-state index < -0.39 is 22.8 Å². The Morgan fingerprint density at radius 3 is 2.86 bits per heavy atom. The van der Waals surface area contributed by atoms with Crippen molar-refractivity contribution in [3.05, 3.63) is 42.0 Å². The second kappa shape index (κ2) is 7.39. The molecule has 1 heterocycles. The van der Waals surface area contributed by atoms with Crippen molar-refractivity contribution in [2.24, 2.45) is 0 Å². The van der Waals surface area contributed by atoms with E-state index in [0.29, 0.717) is 30.8 Å². The summed E-state index contributed by atoms with van der Waals surface area (Å²) in [7, 11) is -3.52. The van der Waals surface area contributed by atoms with Gasteiger partial charge in [0, 0.05) is 19.6 Å². The highest BCUT2D eigenvalue weighted by Crippen LogP contribution is 2.14. The van der Waals surface area contributed by atoms with E-state index in [1.807, 2.05) is 12.2 Å². The molecule has 1 aliphatic rings. The van der Waals surface area contributed by atoms with Gasteiger partial charge in [-0.1, -0.05) is 24.3 Å². The van der Waals surface area contributed by atoms with Gasteiger partial charge in [0.05, 0.1) is 0 Å². The minimum atomic E-state index is -3.52. The topological polar surface area (TPSA) is 95.9 Å². The van der Waals surface area contributed by atoms with Crippen molar-refractivity contribution in [1.29, 1.82) is 0 Å². The summed E-state index contributed by atoms with van der Waals surface area (Å²) in [6, 6.07) is 6.66. The molecule has 0 spiro atoms. The van der Waals surface area contributed by atoms with Crippen LogP contribution in [0.15, 0.2) is 36.4 Å². The Morgan fingerprint density at radius 1 is 1.36 bits per heavy atom. The van der Waals surface area contributed by atoms with Crippen LogP contribution in [0, 0.1) is 0 Å². The highest BCUT2D eigenvalue weighted by molar-refractivity contribution is 7.87. The monoisotopic (exact) mass is 326 g/mol. The van der Waals surface area contributed by atoms with Crippen LogP contribution in [0.25, 0.3) is 0 Å². The van der Waals surface area contributed by atoms with Gasteiger partial charge in [-0.3, -0.25) is 0 Å². The zero-order valence-electron chi connectivity index (χ0n) is 11.9. The number of benzene rings is 1. The van der Waals surface area contributed by atoms with Gasteiger partial charge in [0.25, 0.3) is 10.2 Å².